The van der Waals surface area contributed by atoms with Gasteiger partial charge in [-0.2, -0.15) is 13.2 Å². The minimum atomic E-state index is -4.45. The van der Waals surface area contributed by atoms with Gasteiger partial charge < -0.3 is 4.42 Å². The molecular formula is C12H8F3NO2. The Morgan fingerprint density at radius 3 is 2.56 bits per heavy atom. The second-order valence-electron chi connectivity index (χ2n) is 3.61. The third-order valence-corrected chi connectivity index (χ3v) is 2.29. The van der Waals surface area contributed by atoms with Gasteiger partial charge in [-0.1, -0.05) is 0 Å². The lowest BCUT2D eigenvalue weighted by Gasteiger charge is -2.06. The fourth-order valence-corrected chi connectivity index (χ4v) is 1.39. The number of ketones is 1. The Hall–Kier alpha value is -2.11. The Balaban J connectivity index is 2.12. The molecule has 2 rings (SSSR count). The van der Waals surface area contributed by atoms with Crippen LogP contribution in [-0.2, 0) is 12.6 Å². The van der Waals surface area contributed by atoms with Crippen LogP contribution in [0, 0.1) is 0 Å². The SMILES string of the molecule is O=C(Cc1ccco1)c1ccc(C(F)(F)F)cn1. The van der Waals surface area contributed by atoms with Crippen molar-refractivity contribution in [3.63, 3.8) is 0 Å². The summed E-state index contributed by atoms with van der Waals surface area (Å²) in [5.41, 5.74) is -0.892. The molecule has 0 aliphatic rings. The van der Waals surface area contributed by atoms with Crippen molar-refractivity contribution in [2.24, 2.45) is 0 Å². The molecule has 0 unspecified atom stereocenters. The van der Waals surface area contributed by atoms with Crippen LogP contribution in [0.15, 0.2) is 41.1 Å². The van der Waals surface area contributed by atoms with E-state index in [1.165, 1.54) is 6.26 Å². The number of hydrogen-bond acceptors (Lipinski definition) is 3. The summed E-state index contributed by atoms with van der Waals surface area (Å²) in [7, 11) is 0. The number of carbonyl (C=O) groups excluding carboxylic acids is 1. The Kier molecular flexibility index (Phi) is 3.18. The Bertz CT molecular complexity index is 529. The van der Waals surface area contributed by atoms with E-state index in [0.717, 1.165) is 12.1 Å². The van der Waals surface area contributed by atoms with E-state index in [2.05, 4.69) is 4.98 Å². The third kappa shape index (κ3) is 2.77. The number of furan rings is 1. The highest BCUT2D eigenvalue weighted by molar-refractivity contribution is 5.95. The maximum absolute atomic E-state index is 12.3. The molecule has 6 heteroatoms. The van der Waals surface area contributed by atoms with Gasteiger partial charge in [0, 0.05) is 6.20 Å². The average Bonchev–Trinajstić information content (AvgIpc) is 2.81. The van der Waals surface area contributed by atoms with E-state index < -0.39 is 17.5 Å². The zero-order valence-electron chi connectivity index (χ0n) is 9.07. The van der Waals surface area contributed by atoms with Crippen molar-refractivity contribution in [3.05, 3.63) is 53.7 Å². The second-order valence-corrected chi connectivity index (χ2v) is 3.61. The summed E-state index contributed by atoms with van der Waals surface area (Å²) in [6, 6.07) is 5.14. The molecule has 0 saturated heterocycles. The maximum Gasteiger partial charge on any atom is 0.417 e. The lowest BCUT2D eigenvalue weighted by Crippen LogP contribution is -2.09. The normalized spacial score (nSPS) is 11.5. The molecule has 0 N–H and O–H groups in total. The van der Waals surface area contributed by atoms with E-state index in [4.69, 9.17) is 4.42 Å². The molecule has 2 heterocycles. The lowest BCUT2D eigenvalue weighted by molar-refractivity contribution is -0.137. The van der Waals surface area contributed by atoms with E-state index >= 15 is 0 Å². The summed E-state index contributed by atoms with van der Waals surface area (Å²) in [5.74, 6) is 0.0559. The van der Waals surface area contributed by atoms with Gasteiger partial charge in [0.05, 0.1) is 18.2 Å². The first kappa shape index (κ1) is 12.3. The number of alkyl halides is 3. The molecule has 2 aromatic rings. The predicted molar refractivity (Wildman–Crippen MR) is 56.0 cm³/mol. The smallest absolute Gasteiger partial charge is 0.417 e. The molecule has 18 heavy (non-hydrogen) atoms. The topological polar surface area (TPSA) is 43.1 Å². The minimum Gasteiger partial charge on any atom is -0.469 e. The standard InChI is InChI=1S/C12H8F3NO2/c13-12(14,15)8-3-4-10(16-7-8)11(17)6-9-2-1-5-18-9/h1-5,7H,6H2. The Morgan fingerprint density at radius 1 is 1.28 bits per heavy atom. The largest absolute Gasteiger partial charge is 0.469 e. The monoisotopic (exact) mass is 255 g/mol. The van der Waals surface area contributed by atoms with Crippen LogP contribution in [0.4, 0.5) is 13.2 Å². The van der Waals surface area contributed by atoms with Crippen molar-refractivity contribution in [3.8, 4) is 0 Å². The molecule has 0 bridgehead atoms. The van der Waals surface area contributed by atoms with Gasteiger partial charge in [0.2, 0.25) is 0 Å². The molecule has 2 aromatic heterocycles. The second kappa shape index (κ2) is 4.64. The lowest BCUT2D eigenvalue weighted by atomic mass is 10.1. The molecule has 0 spiro atoms. The molecule has 0 amide bonds. The minimum absolute atomic E-state index is 0.0144. The quantitative estimate of drug-likeness (QED) is 0.791. The Labute approximate surface area is 100 Å². The van der Waals surface area contributed by atoms with Crippen LogP contribution >= 0.6 is 0 Å². The number of halogens is 3. The van der Waals surface area contributed by atoms with Crippen molar-refractivity contribution in [1.29, 1.82) is 0 Å². The van der Waals surface area contributed by atoms with Gasteiger partial charge in [0.1, 0.15) is 11.5 Å². The molecule has 0 aromatic carbocycles. The van der Waals surface area contributed by atoms with Crippen LogP contribution in [0.5, 0.6) is 0 Å². The van der Waals surface area contributed by atoms with E-state index in [0.29, 0.717) is 12.0 Å². The number of Topliss-reactive ketones (excluding diaryl/α,β-unsaturated/α-hetero) is 1. The van der Waals surface area contributed by atoms with Crippen LogP contribution in [-0.4, -0.2) is 10.8 Å². The zero-order chi connectivity index (χ0) is 13.2. The van der Waals surface area contributed by atoms with Crippen LogP contribution in [0.3, 0.4) is 0 Å². The first-order chi connectivity index (χ1) is 8.47. The number of rotatable bonds is 3. The number of pyridine rings is 1. The summed E-state index contributed by atoms with van der Waals surface area (Å²) in [5, 5.41) is 0. The summed E-state index contributed by atoms with van der Waals surface area (Å²) in [6.07, 6.45) is -2.40. The van der Waals surface area contributed by atoms with E-state index in [-0.39, 0.29) is 12.1 Å². The summed E-state index contributed by atoms with van der Waals surface area (Å²) >= 11 is 0. The molecule has 3 nitrogen and oxygen atoms in total. The van der Waals surface area contributed by atoms with Gasteiger partial charge >= 0.3 is 6.18 Å². The van der Waals surface area contributed by atoms with Gasteiger partial charge in [-0.25, -0.2) is 0 Å². The van der Waals surface area contributed by atoms with Gasteiger partial charge in [-0.05, 0) is 24.3 Å². The Morgan fingerprint density at radius 2 is 2.06 bits per heavy atom. The van der Waals surface area contributed by atoms with Crippen molar-refractivity contribution >= 4 is 5.78 Å². The maximum atomic E-state index is 12.3. The number of nitrogens with zero attached hydrogens (tertiary/aromatic N) is 1. The number of hydrogen-bond donors (Lipinski definition) is 0. The van der Waals surface area contributed by atoms with Crippen molar-refractivity contribution in [2.45, 2.75) is 12.6 Å². The van der Waals surface area contributed by atoms with Crippen molar-refractivity contribution in [1.82, 2.24) is 4.98 Å². The van der Waals surface area contributed by atoms with Crippen LogP contribution < -0.4 is 0 Å². The van der Waals surface area contributed by atoms with Gasteiger partial charge in [0.15, 0.2) is 5.78 Å². The number of carbonyl (C=O) groups is 1. The van der Waals surface area contributed by atoms with E-state index in [1.807, 2.05) is 0 Å². The van der Waals surface area contributed by atoms with Gasteiger partial charge in [-0.15, -0.1) is 0 Å². The fraction of sp³-hybridized carbons (Fsp3) is 0.167. The molecule has 0 saturated carbocycles. The zero-order valence-corrected chi connectivity index (χ0v) is 9.07. The van der Waals surface area contributed by atoms with Crippen molar-refractivity contribution in [2.75, 3.05) is 0 Å². The first-order valence-electron chi connectivity index (χ1n) is 5.05. The summed E-state index contributed by atoms with van der Waals surface area (Å²) in [6.45, 7) is 0. The number of aromatic nitrogens is 1. The first-order valence-corrected chi connectivity index (χ1v) is 5.05. The molecule has 94 valence electrons. The summed E-state index contributed by atoms with van der Waals surface area (Å²) in [4.78, 5) is 15.2. The molecule has 0 aliphatic carbocycles. The van der Waals surface area contributed by atoms with Crippen LogP contribution in [0.2, 0.25) is 0 Å². The van der Waals surface area contributed by atoms with E-state index in [9.17, 15) is 18.0 Å². The molecule has 0 radical (unpaired) electrons. The van der Waals surface area contributed by atoms with Crippen LogP contribution in [0.25, 0.3) is 0 Å². The third-order valence-electron chi connectivity index (χ3n) is 2.29. The molecule has 0 atom stereocenters. The fourth-order valence-electron chi connectivity index (χ4n) is 1.39. The molecule has 0 fully saturated rings. The highest BCUT2D eigenvalue weighted by Crippen LogP contribution is 2.28. The highest BCUT2D eigenvalue weighted by atomic mass is 19.4. The van der Waals surface area contributed by atoms with E-state index in [1.54, 1.807) is 12.1 Å². The van der Waals surface area contributed by atoms with Gasteiger partial charge in [0.25, 0.3) is 0 Å². The molecular weight excluding hydrogens is 247 g/mol. The predicted octanol–water partition coefficient (Wildman–Crippen LogP) is 3.12. The average molecular weight is 255 g/mol. The van der Waals surface area contributed by atoms with Crippen molar-refractivity contribution < 1.29 is 22.4 Å². The molecule has 0 aliphatic heterocycles. The van der Waals surface area contributed by atoms with Crippen LogP contribution in [0.1, 0.15) is 21.8 Å². The summed E-state index contributed by atoms with van der Waals surface area (Å²) < 4.78 is 41.8. The van der Waals surface area contributed by atoms with Gasteiger partial charge in [-0.3, -0.25) is 9.78 Å². The highest BCUT2D eigenvalue weighted by Gasteiger charge is 2.30.